The van der Waals surface area contributed by atoms with E-state index in [1.165, 1.54) is 7.11 Å². The van der Waals surface area contributed by atoms with Crippen LogP contribution < -0.4 is 5.32 Å². The molecule has 0 bridgehead atoms. The number of amides is 1. The number of oxime groups is 1. The van der Waals surface area contributed by atoms with Gasteiger partial charge in [0.25, 0.3) is 5.91 Å². The summed E-state index contributed by atoms with van der Waals surface area (Å²) in [5.41, 5.74) is 1.39. The zero-order valence-electron chi connectivity index (χ0n) is 7.28. The summed E-state index contributed by atoms with van der Waals surface area (Å²) in [6.45, 7) is 0. The van der Waals surface area contributed by atoms with Crippen molar-refractivity contribution in [3.05, 3.63) is 23.9 Å². The Hall–Kier alpha value is -1.58. The lowest BCUT2D eigenvalue weighted by atomic mass is 9.96. The van der Waals surface area contributed by atoms with Crippen molar-refractivity contribution >= 4 is 11.6 Å². The minimum absolute atomic E-state index is 0.0671. The smallest absolute Gasteiger partial charge is 0.273 e. The fourth-order valence-corrected chi connectivity index (χ4v) is 1.57. The van der Waals surface area contributed by atoms with Gasteiger partial charge in [-0.05, 0) is 12.5 Å². The number of allylic oxidation sites excluding steroid dienone is 4. The highest BCUT2D eigenvalue weighted by atomic mass is 16.6. The first kappa shape index (κ1) is 8.04. The Kier molecular flexibility index (Phi) is 1.88. The zero-order chi connectivity index (χ0) is 9.26. The number of rotatable bonds is 1. The molecule has 13 heavy (non-hydrogen) atoms. The Labute approximate surface area is 75.9 Å². The molecule has 1 heterocycles. The highest BCUT2D eigenvalue weighted by Gasteiger charge is 2.35. The summed E-state index contributed by atoms with van der Waals surface area (Å²) in [4.78, 5) is 16.0. The highest BCUT2D eigenvalue weighted by Crippen LogP contribution is 2.25. The molecule has 0 aromatic carbocycles. The largest absolute Gasteiger partial charge is 0.399 e. The number of nitrogens with zero attached hydrogens (tertiary/aromatic N) is 1. The van der Waals surface area contributed by atoms with Gasteiger partial charge in [0.05, 0.1) is 5.92 Å². The van der Waals surface area contributed by atoms with Gasteiger partial charge in [0.15, 0.2) is 5.71 Å². The molecule has 0 spiro atoms. The Bertz CT molecular complexity index is 329. The van der Waals surface area contributed by atoms with Gasteiger partial charge in [-0.2, -0.15) is 0 Å². The number of hydrogen-bond acceptors (Lipinski definition) is 3. The van der Waals surface area contributed by atoms with Crippen molar-refractivity contribution in [2.75, 3.05) is 7.11 Å². The minimum atomic E-state index is -0.151. The first-order chi connectivity index (χ1) is 6.33. The van der Waals surface area contributed by atoms with Crippen LogP contribution in [0.4, 0.5) is 0 Å². The number of nitrogens with one attached hydrogen (secondary N) is 1. The van der Waals surface area contributed by atoms with Crippen LogP contribution in [-0.4, -0.2) is 18.7 Å². The van der Waals surface area contributed by atoms with Gasteiger partial charge in [-0.15, -0.1) is 0 Å². The van der Waals surface area contributed by atoms with Crippen molar-refractivity contribution in [3.8, 4) is 0 Å². The molecule has 0 saturated carbocycles. The molecule has 68 valence electrons. The molecule has 4 heteroatoms. The fourth-order valence-electron chi connectivity index (χ4n) is 1.57. The van der Waals surface area contributed by atoms with Crippen molar-refractivity contribution in [2.24, 2.45) is 11.1 Å². The Morgan fingerprint density at radius 2 is 2.54 bits per heavy atom. The van der Waals surface area contributed by atoms with E-state index < -0.39 is 0 Å². The van der Waals surface area contributed by atoms with Gasteiger partial charge in [-0.3, -0.25) is 4.79 Å². The van der Waals surface area contributed by atoms with Gasteiger partial charge < -0.3 is 10.2 Å². The molecule has 1 aliphatic carbocycles. The normalized spacial score (nSPS) is 28.4. The van der Waals surface area contributed by atoms with Crippen LogP contribution in [0.5, 0.6) is 0 Å². The van der Waals surface area contributed by atoms with Crippen LogP contribution in [0.1, 0.15) is 6.42 Å². The maximum atomic E-state index is 11.3. The topological polar surface area (TPSA) is 50.7 Å². The molecule has 1 atom stereocenters. The quantitative estimate of drug-likeness (QED) is 0.597. The first-order valence-electron chi connectivity index (χ1n) is 4.12. The summed E-state index contributed by atoms with van der Waals surface area (Å²) in [5, 5.41) is 6.47. The van der Waals surface area contributed by atoms with Crippen LogP contribution >= 0.6 is 0 Å². The highest BCUT2D eigenvalue weighted by molar-refractivity contribution is 6.43. The third-order valence-electron chi connectivity index (χ3n) is 2.17. The van der Waals surface area contributed by atoms with Crippen molar-refractivity contribution in [1.29, 1.82) is 0 Å². The molecule has 0 radical (unpaired) electrons. The molecule has 2 aliphatic rings. The maximum Gasteiger partial charge on any atom is 0.273 e. The Morgan fingerprint density at radius 1 is 1.69 bits per heavy atom. The van der Waals surface area contributed by atoms with E-state index in [1.54, 1.807) is 0 Å². The predicted molar refractivity (Wildman–Crippen MR) is 47.9 cm³/mol. The summed E-state index contributed by atoms with van der Waals surface area (Å²) in [6, 6.07) is 0. The summed E-state index contributed by atoms with van der Waals surface area (Å²) in [6.07, 6.45) is 6.65. The van der Waals surface area contributed by atoms with E-state index in [1.807, 2.05) is 18.2 Å². The van der Waals surface area contributed by atoms with Crippen LogP contribution in [0.25, 0.3) is 0 Å². The van der Waals surface area contributed by atoms with E-state index in [4.69, 9.17) is 0 Å². The van der Waals surface area contributed by atoms with Gasteiger partial charge in [-0.1, -0.05) is 17.3 Å². The summed E-state index contributed by atoms with van der Waals surface area (Å²) < 4.78 is 0. The average Bonchev–Trinajstić information content (AvgIpc) is 2.44. The number of fused-ring (bicyclic) bond motifs is 1. The lowest BCUT2D eigenvalue weighted by Gasteiger charge is -2.09. The Balaban J connectivity index is 2.32. The second-order valence-electron chi connectivity index (χ2n) is 2.95. The molecule has 0 aromatic rings. The monoisotopic (exact) mass is 178 g/mol. The summed E-state index contributed by atoms with van der Waals surface area (Å²) in [7, 11) is 1.45. The molecular weight excluding hydrogens is 168 g/mol. The third kappa shape index (κ3) is 1.24. The molecule has 1 saturated heterocycles. The molecule has 1 fully saturated rings. The standard InChI is InChI=1S/C9H10N2O2/c1-13-11-8-6-4-2-3-5-7(6)10-9(8)12/h2-3,5-6H,4H2,1H3,(H,10,12). The van der Waals surface area contributed by atoms with E-state index >= 15 is 0 Å². The molecular formula is C9H10N2O2. The van der Waals surface area contributed by atoms with E-state index in [2.05, 4.69) is 15.3 Å². The van der Waals surface area contributed by atoms with Gasteiger partial charge in [0, 0.05) is 5.70 Å². The van der Waals surface area contributed by atoms with Crippen LogP contribution in [-0.2, 0) is 9.63 Å². The first-order valence-corrected chi connectivity index (χ1v) is 4.12. The Morgan fingerprint density at radius 3 is 3.31 bits per heavy atom. The van der Waals surface area contributed by atoms with Gasteiger partial charge in [0.1, 0.15) is 7.11 Å². The third-order valence-corrected chi connectivity index (χ3v) is 2.17. The SMILES string of the molecule is CON=C1C(=O)NC2=CC=CCC21. The van der Waals surface area contributed by atoms with Crippen molar-refractivity contribution in [1.82, 2.24) is 5.32 Å². The van der Waals surface area contributed by atoms with Crippen LogP contribution in [0, 0.1) is 5.92 Å². The summed E-state index contributed by atoms with van der Waals surface area (Å²) in [5.74, 6) is -0.0840. The van der Waals surface area contributed by atoms with Gasteiger partial charge in [-0.25, -0.2) is 0 Å². The number of hydrogen-bond donors (Lipinski definition) is 1. The van der Waals surface area contributed by atoms with Gasteiger partial charge >= 0.3 is 0 Å². The lowest BCUT2D eigenvalue weighted by molar-refractivity contribution is -0.113. The van der Waals surface area contributed by atoms with Crippen LogP contribution in [0.3, 0.4) is 0 Å². The molecule has 1 N–H and O–H groups in total. The van der Waals surface area contributed by atoms with E-state index in [9.17, 15) is 4.79 Å². The molecule has 0 aromatic heterocycles. The molecule has 2 rings (SSSR count). The average molecular weight is 178 g/mol. The van der Waals surface area contributed by atoms with Crippen molar-refractivity contribution < 1.29 is 9.63 Å². The van der Waals surface area contributed by atoms with Crippen LogP contribution in [0.15, 0.2) is 29.1 Å². The van der Waals surface area contributed by atoms with E-state index in [0.717, 1.165) is 12.1 Å². The second-order valence-corrected chi connectivity index (χ2v) is 2.95. The fraction of sp³-hybridized carbons (Fsp3) is 0.333. The van der Waals surface area contributed by atoms with Gasteiger partial charge in [0.2, 0.25) is 0 Å². The number of carbonyl (C=O) groups is 1. The minimum Gasteiger partial charge on any atom is -0.399 e. The maximum absolute atomic E-state index is 11.3. The number of carbonyl (C=O) groups excluding carboxylic acids is 1. The summed E-state index contributed by atoms with van der Waals surface area (Å²) >= 11 is 0. The molecule has 1 unspecified atom stereocenters. The molecule has 1 amide bonds. The predicted octanol–water partition coefficient (Wildman–Crippen LogP) is 0.579. The zero-order valence-corrected chi connectivity index (χ0v) is 7.28. The van der Waals surface area contributed by atoms with E-state index in [-0.39, 0.29) is 11.8 Å². The molecule has 4 nitrogen and oxygen atoms in total. The van der Waals surface area contributed by atoms with E-state index in [0.29, 0.717) is 5.71 Å². The van der Waals surface area contributed by atoms with Crippen LogP contribution in [0.2, 0.25) is 0 Å². The lowest BCUT2D eigenvalue weighted by Crippen LogP contribution is -2.19. The second kappa shape index (κ2) is 3.05. The van der Waals surface area contributed by atoms with Crippen molar-refractivity contribution in [2.45, 2.75) is 6.42 Å². The molecule has 1 aliphatic heterocycles. The van der Waals surface area contributed by atoms with Crippen molar-refractivity contribution in [3.63, 3.8) is 0 Å².